The monoisotopic (exact) mass is 580 g/mol. The van der Waals surface area contributed by atoms with Gasteiger partial charge in [0.05, 0.1) is 6.61 Å². The highest BCUT2D eigenvalue weighted by Crippen LogP contribution is 2.37. The Morgan fingerprint density at radius 1 is 0.854 bits per heavy atom. The predicted octanol–water partition coefficient (Wildman–Crippen LogP) is 3.66. The summed E-state index contributed by atoms with van der Waals surface area (Å²) in [7, 11) is 0. The van der Waals surface area contributed by atoms with Crippen molar-refractivity contribution in [3.05, 3.63) is 29.8 Å². The Balaban J connectivity index is 2.14. The highest BCUT2D eigenvalue weighted by atomic mass is 16.7. The zero-order valence-corrected chi connectivity index (χ0v) is 25.1. The van der Waals surface area contributed by atoms with Crippen LogP contribution >= 0.6 is 0 Å². The van der Waals surface area contributed by atoms with Crippen LogP contribution in [0.4, 0.5) is 0 Å². The third-order valence-electron chi connectivity index (χ3n) is 6.43. The first kappa shape index (κ1) is 34.0. The number of aliphatic hydroxyl groups is 1. The molecule has 41 heavy (non-hydrogen) atoms. The molecule has 0 spiro atoms. The first-order chi connectivity index (χ1) is 19.1. The highest BCUT2D eigenvalue weighted by molar-refractivity contribution is 5.68. The molecule has 11 nitrogen and oxygen atoms in total. The summed E-state index contributed by atoms with van der Waals surface area (Å²) >= 11 is 0. The smallest absolute Gasteiger partial charge is 0.303 e. The fourth-order valence-corrected chi connectivity index (χ4v) is 4.49. The Hall–Kier alpha value is -3.18. The summed E-state index contributed by atoms with van der Waals surface area (Å²) in [4.78, 5) is 47.3. The van der Waals surface area contributed by atoms with Crippen LogP contribution in [-0.2, 0) is 49.3 Å². The maximum atomic E-state index is 12.0. The van der Waals surface area contributed by atoms with Crippen LogP contribution in [0.1, 0.15) is 79.7 Å². The number of carbonyl (C=O) groups excluding carboxylic acids is 4. The lowest BCUT2D eigenvalue weighted by atomic mass is 9.88. The van der Waals surface area contributed by atoms with Crippen molar-refractivity contribution in [3.63, 3.8) is 0 Å². The van der Waals surface area contributed by atoms with Gasteiger partial charge in [0.2, 0.25) is 5.79 Å². The standard InChI is InChI=1S/C30H44O11/c1-19(31)37-18-25-26(38-20(2)32)27(39-21(3)33)28(40-22(4)34)30(35,41-25)15-9-8-10-23-11-13-24(14-12-23)36-17-16-29(5,6)7/h11-14,25-28,35H,8-10,15-18H2,1-7H3/t25-,26-,27+,28-,30-/m1/s1. The van der Waals surface area contributed by atoms with Crippen LogP contribution in [0.2, 0.25) is 0 Å². The number of hydrogen-bond acceptors (Lipinski definition) is 11. The maximum absolute atomic E-state index is 12.0. The van der Waals surface area contributed by atoms with Crippen LogP contribution in [0.3, 0.4) is 0 Å². The van der Waals surface area contributed by atoms with E-state index in [1.165, 1.54) is 6.92 Å². The Labute approximate surface area is 241 Å². The van der Waals surface area contributed by atoms with Crippen molar-refractivity contribution in [1.29, 1.82) is 0 Å². The minimum atomic E-state index is -2.13. The molecule has 0 saturated carbocycles. The maximum Gasteiger partial charge on any atom is 0.303 e. The van der Waals surface area contributed by atoms with E-state index in [0.29, 0.717) is 25.9 Å². The van der Waals surface area contributed by atoms with Gasteiger partial charge in [0.15, 0.2) is 18.3 Å². The van der Waals surface area contributed by atoms with Gasteiger partial charge in [0, 0.05) is 34.1 Å². The number of benzene rings is 1. The molecule has 0 aromatic heterocycles. The summed E-state index contributed by atoms with van der Waals surface area (Å²) in [5.41, 5.74) is 1.27. The topological polar surface area (TPSA) is 144 Å². The van der Waals surface area contributed by atoms with Gasteiger partial charge in [-0.15, -0.1) is 0 Å². The highest BCUT2D eigenvalue weighted by Gasteiger charge is 2.59. The van der Waals surface area contributed by atoms with Crippen molar-refractivity contribution in [2.45, 2.75) is 111 Å². The lowest BCUT2D eigenvalue weighted by Gasteiger charge is -2.48. The second kappa shape index (κ2) is 15.2. The van der Waals surface area contributed by atoms with Gasteiger partial charge in [-0.25, -0.2) is 0 Å². The number of esters is 4. The first-order valence-corrected chi connectivity index (χ1v) is 13.9. The minimum absolute atomic E-state index is 0.0138. The Kier molecular flexibility index (Phi) is 12.6. The summed E-state index contributed by atoms with van der Waals surface area (Å²) < 4.78 is 32.9. The molecule has 0 bridgehead atoms. The quantitative estimate of drug-likeness (QED) is 0.207. The molecule has 1 aliphatic heterocycles. The molecule has 0 radical (unpaired) electrons. The van der Waals surface area contributed by atoms with Crippen LogP contribution in [-0.4, -0.2) is 72.4 Å². The van der Waals surface area contributed by atoms with Crippen molar-refractivity contribution < 1.29 is 52.7 Å². The number of unbranched alkanes of at least 4 members (excludes halogenated alkanes) is 1. The van der Waals surface area contributed by atoms with E-state index in [2.05, 4.69) is 20.8 Å². The minimum Gasteiger partial charge on any atom is -0.494 e. The van der Waals surface area contributed by atoms with Crippen LogP contribution < -0.4 is 4.74 Å². The Morgan fingerprint density at radius 3 is 1.98 bits per heavy atom. The summed E-state index contributed by atoms with van der Waals surface area (Å²) in [6.07, 6.45) is -2.74. The molecule has 1 aromatic rings. The molecular formula is C30H44O11. The van der Waals surface area contributed by atoms with Crippen molar-refractivity contribution in [1.82, 2.24) is 0 Å². The van der Waals surface area contributed by atoms with Gasteiger partial charge in [0.25, 0.3) is 0 Å². The van der Waals surface area contributed by atoms with E-state index in [4.69, 9.17) is 28.4 Å². The van der Waals surface area contributed by atoms with Gasteiger partial charge >= 0.3 is 23.9 Å². The summed E-state index contributed by atoms with van der Waals surface area (Å²) in [6, 6.07) is 7.81. The fraction of sp³-hybridized carbons (Fsp3) is 0.667. The summed E-state index contributed by atoms with van der Waals surface area (Å²) in [5, 5.41) is 11.6. The van der Waals surface area contributed by atoms with Crippen LogP contribution in [0, 0.1) is 5.41 Å². The predicted molar refractivity (Wildman–Crippen MR) is 147 cm³/mol. The number of hydrogen-bond donors (Lipinski definition) is 1. The second-order valence-corrected chi connectivity index (χ2v) is 11.5. The van der Waals surface area contributed by atoms with E-state index in [0.717, 1.165) is 38.5 Å². The van der Waals surface area contributed by atoms with Crippen LogP contribution in [0.25, 0.3) is 0 Å². The van der Waals surface area contributed by atoms with Gasteiger partial charge < -0.3 is 33.5 Å². The molecule has 0 amide bonds. The van der Waals surface area contributed by atoms with E-state index in [1.807, 2.05) is 24.3 Å². The molecule has 1 heterocycles. The van der Waals surface area contributed by atoms with Gasteiger partial charge in [-0.2, -0.15) is 0 Å². The van der Waals surface area contributed by atoms with E-state index in [-0.39, 0.29) is 11.8 Å². The SMILES string of the molecule is CC(=O)OC[C@H]1O[C@](O)(CCCCc2ccc(OCCC(C)(C)C)cc2)[C@H](OC(C)=O)[C@@H](OC(C)=O)[C@@H]1OC(C)=O. The lowest BCUT2D eigenvalue weighted by Crippen LogP contribution is -2.68. The number of ether oxygens (including phenoxy) is 6. The molecule has 1 aliphatic rings. The van der Waals surface area contributed by atoms with Gasteiger partial charge in [-0.3, -0.25) is 19.2 Å². The van der Waals surface area contributed by atoms with Gasteiger partial charge in [0.1, 0.15) is 18.5 Å². The average Bonchev–Trinajstić information content (AvgIpc) is 2.84. The lowest BCUT2D eigenvalue weighted by molar-refractivity contribution is -0.354. The van der Waals surface area contributed by atoms with E-state index < -0.39 is 60.7 Å². The zero-order chi connectivity index (χ0) is 30.8. The largest absolute Gasteiger partial charge is 0.494 e. The normalized spacial score (nSPS) is 24.2. The molecule has 2 rings (SSSR count). The van der Waals surface area contributed by atoms with Gasteiger partial charge in [-0.05, 0) is 48.8 Å². The first-order valence-electron chi connectivity index (χ1n) is 13.9. The fourth-order valence-electron chi connectivity index (χ4n) is 4.49. The molecule has 0 aliphatic carbocycles. The van der Waals surface area contributed by atoms with E-state index >= 15 is 0 Å². The second-order valence-electron chi connectivity index (χ2n) is 11.5. The molecule has 1 aromatic carbocycles. The van der Waals surface area contributed by atoms with Crippen molar-refractivity contribution in [3.8, 4) is 5.75 Å². The van der Waals surface area contributed by atoms with E-state index in [1.54, 1.807) is 0 Å². The molecule has 0 unspecified atom stereocenters. The van der Waals surface area contributed by atoms with Crippen molar-refractivity contribution >= 4 is 23.9 Å². The zero-order valence-electron chi connectivity index (χ0n) is 25.1. The van der Waals surface area contributed by atoms with E-state index in [9.17, 15) is 24.3 Å². The number of aryl methyl sites for hydroxylation is 1. The molecular weight excluding hydrogens is 536 g/mol. The number of rotatable bonds is 13. The van der Waals surface area contributed by atoms with Crippen molar-refractivity contribution in [2.24, 2.45) is 5.41 Å². The Bertz CT molecular complexity index is 1030. The van der Waals surface area contributed by atoms with Crippen LogP contribution in [0.5, 0.6) is 5.75 Å². The summed E-state index contributed by atoms with van der Waals surface area (Å²) in [5.74, 6) is -4.22. The molecule has 230 valence electrons. The van der Waals surface area contributed by atoms with Crippen molar-refractivity contribution in [2.75, 3.05) is 13.2 Å². The molecule has 1 saturated heterocycles. The molecule has 1 N–H and O–H groups in total. The third kappa shape index (κ3) is 11.7. The molecule has 5 atom stereocenters. The third-order valence-corrected chi connectivity index (χ3v) is 6.43. The van der Waals surface area contributed by atoms with Crippen LogP contribution in [0.15, 0.2) is 24.3 Å². The molecule has 11 heteroatoms. The molecule has 1 fully saturated rings. The average molecular weight is 581 g/mol. The summed E-state index contributed by atoms with van der Waals surface area (Å²) in [6.45, 7) is 11.3. The number of carbonyl (C=O) groups is 4. The van der Waals surface area contributed by atoms with Gasteiger partial charge in [-0.1, -0.05) is 32.9 Å². The Morgan fingerprint density at radius 2 is 1.44 bits per heavy atom.